The highest BCUT2D eigenvalue weighted by atomic mass is 16.2. The van der Waals surface area contributed by atoms with Crippen molar-refractivity contribution in [1.29, 1.82) is 0 Å². The molecular formula is C44H65N7O7. The molecule has 1 saturated heterocycles. The van der Waals surface area contributed by atoms with Gasteiger partial charge in [-0.3, -0.25) is 28.8 Å². The Morgan fingerprint density at radius 3 is 2.22 bits per heavy atom. The van der Waals surface area contributed by atoms with E-state index in [2.05, 4.69) is 47.4 Å². The summed E-state index contributed by atoms with van der Waals surface area (Å²) in [6.45, 7) is 13.9. The van der Waals surface area contributed by atoms with Crippen LogP contribution in [-0.2, 0) is 28.8 Å². The molecule has 6 fully saturated rings. The van der Waals surface area contributed by atoms with Gasteiger partial charge in [0.2, 0.25) is 29.4 Å². The number of hydrogen-bond donors (Lipinski definition) is 5. The summed E-state index contributed by atoms with van der Waals surface area (Å²) in [5.41, 5.74) is -0.353. The smallest absolute Gasteiger partial charge is 0.315 e. The van der Waals surface area contributed by atoms with Crippen LogP contribution in [0.15, 0.2) is 30.3 Å². The number of hydrogen-bond acceptors (Lipinski definition) is 7. The quantitative estimate of drug-likeness (QED) is 0.168. The lowest BCUT2D eigenvalue weighted by Gasteiger charge is -2.42. The van der Waals surface area contributed by atoms with E-state index in [4.69, 9.17) is 0 Å². The Morgan fingerprint density at radius 2 is 1.62 bits per heavy atom. The number of likely N-dealkylation sites (tertiary alicyclic amines) is 1. The molecule has 5 aliphatic carbocycles. The van der Waals surface area contributed by atoms with Crippen molar-refractivity contribution in [1.82, 2.24) is 36.4 Å². The summed E-state index contributed by atoms with van der Waals surface area (Å²) < 4.78 is 0. The minimum Gasteiger partial charge on any atom is -0.347 e. The highest BCUT2D eigenvalue weighted by Crippen LogP contribution is 2.67. The first kappa shape index (κ1) is 43.1. The molecule has 0 radical (unpaired) electrons. The van der Waals surface area contributed by atoms with Crippen molar-refractivity contribution >= 4 is 41.4 Å². The van der Waals surface area contributed by atoms with Crippen LogP contribution in [0.2, 0.25) is 0 Å². The van der Waals surface area contributed by atoms with Gasteiger partial charge in [-0.1, -0.05) is 91.6 Å². The van der Waals surface area contributed by atoms with Crippen LogP contribution in [0.5, 0.6) is 0 Å². The molecule has 4 bridgehead atoms. The van der Waals surface area contributed by atoms with E-state index in [1.165, 1.54) is 17.7 Å². The van der Waals surface area contributed by atoms with E-state index in [1.54, 1.807) is 49.3 Å². The van der Waals surface area contributed by atoms with E-state index in [9.17, 15) is 33.6 Å². The maximum Gasteiger partial charge on any atom is 0.315 e. The molecule has 14 heteroatoms. The predicted molar refractivity (Wildman–Crippen MR) is 218 cm³/mol. The first-order valence-corrected chi connectivity index (χ1v) is 21.2. The molecule has 5 N–H and O–H groups in total. The molecule has 14 nitrogen and oxygen atoms in total. The molecule has 6 aliphatic rings. The van der Waals surface area contributed by atoms with Gasteiger partial charge in [0.15, 0.2) is 0 Å². The van der Waals surface area contributed by atoms with Crippen LogP contribution in [0.25, 0.3) is 0 Å². The Morgan fingerprint density at radius 1 is 0.931 bits per heavy atom. The predicted octanol–water partition coefficient (Wildman–Crippen LogP) is 3.46. The van der Waals surface area contributed by atoms with E-state index in [0.29, 0.717) is 36.8 Å². The maximum atomic E-state index is 14.6. The number of nitrogens with one attached hydrogen (secondary N) is 5. The van der Waals surface area contributed by atoms with Crippen molar-refractivity contribution in [2.24, 2.45) is 39.9 Å². The van der Waals surface area contributed by atoms with Crippen molar-refractivity contribution in [3.63, 3.8) is 0 Å². The summed E-state index contributed by atoms with van der Waals surface area (Å²) in [5.74, 6) is -2.76. The lowest BCUT2D eigenvalue weighted by Crippen LogP contribution is -2.63. The highest BCUT2D eigenvalue weighted by Gasteiger charge is 2.70. The summed E-state index contributed by atoms with van der Waals surface area (Å²) in [5, 5.41) is 14.2. The second-order valence-electron chi connectivity index (χ2n) is 20.2. The third kappa shape index (κ3) is 8.48. The second kappa shape index (κ2) is 15.9. The summed E-state index contributed by atoms with van der Waals surface area (Å²) in [6, 6.07) is 4.31. The molecule has 1 aliphatic heterocycles. The first-order chi connectivity index (χ1) is 27.1. The molecule has 318 valence electrons. The van der Waals surface area contributed by atoms with Crippen molar-refractivity contribution < 1.29 is 33.6 Å². The van der Waals surface area contributed by atoms with Gasteiger partial charge in [-0.2, -0.15) is 0 Å². The van der Waals surface area contributed by atoms with E-state index in [1.807, 2.05) is 27.7 Å². The number of likely N-dealkylation sites (N-methyl/N-ethyl adjacent to an activating group) is 1. The molecule has 58 heavy (non-hydrogen) atoms. The number of rotatable bonds is 15. The molecule has 0 aromatic heterocycles. The van der Waals surface area contributed by atoms with E-state index >= 15 is 0 Å². The normalized spacial score (nSPS) is 30.0. The average molecular weight is 804 g/mol. The number of benzene rings is 1. The van der Waals surface area contributed by atoms with E-state index in [-0.39, 0.29) is 52.5 Å². The summed E-state index contributed by atoms with van der Waals surface area (Å²) in [7, 11) is 3.14. The van der Waals surface area contributed by atoms with Gasteiger partial charge < -0.3 is 36.4 Å². The number of piperidine rings is 1. The van der Waals surface area contributed by atoms with Crippen LogP contribution in [0.4, 0.5) is 4.79 Å². The molecule has 7 amide bonds. The SMILES string of the molecule is CCCCC(NC(=O)[C@@H]1C2C(CN1C(=O)[C@@H](NC(=O)NC13CC4CC(C1)C(C)(C4)C3)C(C)(C)C)C2(C)C)C(=O)C(=O)NCC(=O)N[C@H](C(=O)N(C)C)c1ccccc1. The number of Topliss-reactive ketones (excluding diaryl/α,β-unsaturated/α-hetero) is 1. The number of fused-ring (bicyclic) bond motifs is 1. The lowest BCUT2D eigenvalue weighted by atomic mass is 9.72. The molecule has 5 saturated carbocycles. The van der Waals surface area contributed by atoms with Crippen molar-refractivity contribution in [3.05, 3.63) is 35.9 Å². The Labute approximate surface area is 343 Å². The third-order valence-corrected chi connectivity index (χ3v) is 14.2. The van der Waals surface area contributed by atoms with Gasteiger partial charge >= 0.3 is 6.03 Å². The molecule has 1 heterocycles. The van der Waals surface area contributed by atoms with E-state index < -0.39 is 59.6 Å². The molecular weight excluding hydrogens is 739 g/mol. The van der Waals surface area contributed by atoms with Gasteiger partial charge in [0, 0.05) is 26.2 Å². The van der Waals surface area contributed by atoms with E-state index in [0.717, 1.165) is 19.3 Å². The molecule has 7 rings (SSSR count). The zero-order chi connectivity index (χ0) is 42.5. The number of nitrogens with zero attached hydrogens (tertiary/aromatic N) is 2. The van der Waals surface area contributed by atoms with Crippen molar-refractivity contribution in [2.45, 2.75) is 130 Å². The minimum atomic E-state index is -1.19. The van der Waals surface area contributed by atoms with Gasteiger partial charge in [-0.15, -0.1) is 0 Å². The zero-order valence-electron chi connectivity index (χ0n) is 35.8. The summed E-state index contributed by atoms with van der Waals surface area (Å²) >= 11 is 0. The van der Waals surface area contributed by atoms with Crippen LogP contribution < -0.4 is 26.6 Å². The number of unbranched alkanes of at least 4 members (excludes halogenated alkanes) is 1. The fraction of sp³-hybridized carbons (Fsp3) is 0.705. The largest absolute Gasteiger partial charge is 0.347 e. The monoisotopic (exact) mass is 803 g/mol. The number of ketones is 1. The molecule has 0 spiro atoms. The molecule has 1 aromatic rings. The van der Waals surface area contributed by atoms with Crippen molar-refractivity contribution in [2.75, 3.05) is 27.2 Å². The standard InChI is InChI=1S/C44H65N7O7/c1-10-11-17-29(34(53)37(55)45-22-30(52)47-32(38(56)50(8)9)26-15-13-12-14-16-26)46-36(54)33-31-28(42(31,5)6)23-51(33)39(57)35(41(2,3)4)48-40(58)49-44-20-25-18-27(21-44)43(7,19-25)24-44/h12-16,25,27-29,31-33,35H,10-11,17-24H2,1-9H3,(H,45,55)(H,46,54)(H,47,52)(H2,48,49,58)/t25?,27?,28?,29?,31?,32-,33-,35+,43?,44?/m0/s1. The van der Waals surface area contributed by atoms with Crippen LogP contribution >= 0.6 is 0 Å². The average Bonchev–Trinajstić information content (AvgIpc) is 3.40. The number of urea groups is 1. The van der Waals surface area contributed by atoms with Gasteiger partial charge in [-0.05, 0) is 84.0 Å². The summed E-state index contributed by atoms with van der Waals surface area (Å²) in [4.78, 5) is 98.4. The van der Waals surface area contributed by atoms with Crippen LogP contribution in [-0.4, -0.2) is 102 Å². The lowest BCUT2D eigenvalue weighted by molar-refractivity contribution is -0.145. The van der Waals surface area contributed by atoms with Gasteiger partial charge in [0.05, 0.1) is 12.6 Å². The van der Waals surface area contributed by atoms with Crippen LogP contribution in [0.1, 0.15) is 111 Å². The van der Waals surface area contributed by atoms with Crippen LogP contribution in [0, 0.1) is 39.9 Å². The topological polar surface area (TPSA) is 186 Å². The zero-order valence-corrected chi connectivity index (χ0v) is 35.8. The minimum absolute atomic E-state index is 0.0522. The fourth-order valence-corrected chi connectivity index (χ4v) is 11.2. The maximum absolute atomic E-state index is 14.6. The highest BCUT2D eigenvalue weighted by molar-refractivity contribution is 6.38. The Bertz CT molecular complexity index is 1810. The summed E-state index contributed by atoms with van der Waals surface area (Å²) in [6.07, 6.45) is 6.72. The van der Waals surface area contributed by atoms with Crippen molar-refractivity contribution in [3.8, 4) is 0 Å². The first-order valence-electron chi connectivity index (χ1n) is 21.2. The molecule has 10 atom stereocenters. The van der Waals surface area contributed by atoms with Gasteiger partial charge in [0.1, 0.15) is 18.1 Å². The van der Waals surface area contributed by atoms with Gasteiger partial charge in [0.25, 0.3) is 5.91 Å². The molecule has 1 aromatic carbocycles. The van der Waals surface area contributed by atoms with Crippen LogP contribution in [0.3, 0.4) is 0 Å². The number of carbonyl (C=O) groups is 7. The Balaban J connectivity index is 1.11. The Kier molecular flexibility index (Phi) is 11.8. The number of carbonyl (C=O) groups excluding carboxylic acids is 7. The molecule has 7 unspecified atom stereocenters. The second-order valence-corrected chi connectivity index (χ2v) is 20.2. The Hall–Kier alpha value is -4.49. The third-order valence-electron chi connectivity index (χ3n) is 14.2. The number of amides is 7. The van der Waals surface area contributed by atoms with Gasteiger partial charge in [-0.25, -0.2) is 4.79 Å². The fourth-order valence-electron chi connectivity index (χ4n) is 11.2.